The number of benzene rings is 2. The van der Waals surface area contributed by atoms with Gasteiger partial charge in [0.1, 0.15) is 0 Å². The Hall–Kier alpha value is -2.64. The number of rotatable bonds is 6. The molecule has 1 amide bonds. The van der Waals surface area contributed by atoms with Gasteiger partial charge in [0.15, 0.2) is 0 Å². The van der Waals surface area contributed by atoms with Crippen LogP contribution in [0.25, 0.3) is 0 Å². The Morgan fingerprint density at radius 1 is 1.08 bits per heavy atom. The van der Waals surface area contributed by atoms with Gasteiger partial charge in [0, 0.05) is 18.7 Å². The summed E-state index contributed by atoms with van der Waals surface area (Å²) in [6.07, 6.45) is 3.35. The second kappa shape index (κ2) is 9.17. The molecule has 2 aromatic rings. The monoisotopic (exact) mass is 347 g/mol. The van der Waals surface area contributed by atoms with Gasteiger partial charge in [-0.25, -0.2) is 0 Å². The SMILES string of the molecule is N#Cc1ccc(C(=O)NCC2CCN(CCc3ccccc3)CC2)cc1. The van der Waals surface area contributed by atoms with Gasteiger partial charge in [-0.15, -0.1) is 0 Å². The first kappa shape index (κ1) is 18.2. The first-order valence-corrected chi connectivity index (χ1v) is 9.29. The lowest BCUT2D eigenvalue weighted by Gasteiger charge is -2.32. The molecule has 1 N–H and O–H groups in total. The number of amides is 1. The molecule has 1 aliphatic rings. The van der Waals surface area contributed by atoms with Crippen molar-refractivity contribution in [2.75, 3.05) is 26.2 Å². The van der Waals surface area contributed by atoms with Crippen LogP contribution in [0.4, 0.5) is 0 Å². The Morgan fingerprint density at radius 2 is 1.77 bits per heavy atom. The molecule has 0 saturated carbocycles. The molecule has 2 aromatic carbocycles. The summed E-state index contributed by atoms with van der Waals surface area (Å²) >= 11 is 0. The second-order valence-corrected chi connectivity index (χ2v) is 6.92. The quantitative estimate of drug-likeness (QED) is 0.873. The average molecular weight is 347 g/mol. The van der Waals surface area contributed by atoms with E-state index in [-0.39, 0.29) is 5.91 Å². The van der Waals surface area contributed by atoms with E-state index in [0.29, 0.717) is 17.0 Å². The molecule has 134 valence electrons. The summed E-state index contributed by atoms with van der Waals surface area (Å²) in [5.74, 6) is 0.492. The minimum Gasteiger partial charge on any atom is -0.352 e. The molecule has 0 aliphatic carbocycles. The lowest BCUT2D eigenvalue weighted by Crippen LogP contribution is -2.39. The number of likely N-dealkylation sites (tertiary alicyclic amines) is 1. The number of hydrogen-bond donors (Lipinski definition) is 1. The molecular weight excluding hydrogens is 322 g/mol. The van der Waals surface area contributed by atoms with E-state index >= 15 is 0 Å². The Balaban J connectivity index is 1.37. The molecule has 1 saturated heterocycles. The van der Waals surface area contributed by atoms with Gasteiger partial charge in [-0.2, -0.15) is 5.26 Å². The van der Waals surface area contributed by atoms with Gasteiger partial charge in [0.05, 0.1) is 11.6 Å². The second-order valence-electron chi connectivity index (χ2n) is 6.92. The van der Waals surface area contributed by atoms with Crippen molar-refractivity contribution in [2.45, 2.75) is 19.3 Å². The molecule has 1 heterocycles. The highest BCUT2D eigenvalue weighted by molar-refractivity contribution is 5.94. The number of hydrogen-bond acceptors (Lipinski definition) is 3. The van der Waals surface area contributed by atoms with Gasteiger partial charge in [0.25, 0.3) is 5.91 Å². The minimum absolute atomic E-state index is 0.0546. The number of nitrogens with one attached hydrogen (secondary N) is 1. The highest BCUT2D eigenvalue weighted by Crippen LogP contribution is 2.17. The summed E-state index contributed by atoms with van der Waals surface area (Å²) in [7, 11) is 0. The number of nitrogens with zero attached hydrogens (tertiary/aromatic N) is 2. The van der Waals surface area contributed by atoms with Crippen LogP contribution in [0.3, 0.4) is 0 Å². The third-order valence-electron chi connectivity index (χ3n) is 5.09. The topological polar surface area (TPSA) is 56.1 Å². The smallest absolute Gasteiger partial charge is 0.251 e. The van der Waals surface area contributed by atoms with Crippen LogP contribution in [0.2, 0.25) is 0 Å². The van der Waals surface area contributed by atoms with Gasteiger partial charge < -0.3 is 10.2 Å². The van der Waals surface area contributed by atoms with Crippen molar-refractivity contribution in [2.24, 2.45) is 5.92 Å². The maximum Gasteiger partial charge on any atom is 0.251 e. The van der Waals surface area contributed by atoms with Crippen LogP contribution in [0.5, 0.6) is 0 Å². The van der Waals surface area contributed by atoms with Crippen molar-refractivity contribution < 1.29 is 4.79 Å². The van der Waals surface area contributed by atoms with E-state index in [0.717, 1.165) is 45.4 Å². The molecule has 4 heteroatoms. The van der Waals surface area contributed by atoms with Crippen LogP contribution in [-0.4, -0.2) is 37.0 Å². The van der Waals surface area contributed by atoms with Crippen LogP contribution in [0, 0.1) is 17.2 Å². The molecule has 4 nitrogen and oxygen atoms in total. The molecular formula is C22H25N3O. The van der Waals surface area contributed by atoms with E-state index in [1.54, 1.807) is 24.3 Å². The fourth-order valence-electron chi connectivity index (χ4n) is 3.38. The minimum atomic E-state index is -0.0546. The van der Waals surface area contributed by atoms with E-state index in [9.17, 15) is 4.79 Å². The number of piperidine rings is 1. The molecule has 0 spiro atoms. The van der Waals surface area contributed by atoms with Crippen molar-refractivity contribution >= 4 is 5.91 Å². The van der Waals surface area contributed by atoms with Crippen molar-refractivity contribution in [3.63, 3.8) is 0 Å². The molecule has 26 heavy (non-hydrogen) atoms. The number of carbonyl (C=O) groups is 1. The standard InChI is InChI=1S/C22H25N3O/c23-16-19-6-8-21(9-7-19)22(26)24-17-20-11-14-25(15-12-20)13-10-18-4-2-1-3-5-18/h1-9,20H,10-15,17H2,(H,24,26). The van der Waals surface area contributed by atoms with Crippen LogP contribution >= 0.6 is 0 Å². The summed E-state index contributed by atoms with van der Waals surface area (Å²) in [5, 5.41) is 11.8. The largest absolute Gasteiger partial charge is 0.352 e. The zero-order valence-electron chi connectivity index (χ0n) is 15.0. The van der Waals surface area contributed by atoms with E-state index in [2.05, 4.69) is 46.6 Å². The maximum atomic E-state index is 12.2. The summed E-state index contributed by atoms with van der Waals surface area (Å²) in [6, 6.07) is 19.5. The fourth-order valence-corrected chi connectivity index (χ4v) is 3.38. The molecule has 0 radical (unpaired) electrons. The highest BCUT2D eigenvalue weighted by Gasteiger charge is 2.19. The molecule has 1 fully saturated rings. The third kappa shape index (κ3) is 5.18. The molecule has 0 bridgehead atoms. The van der Waals surface area contributed by atoms with E-state index < -0.39 is 0 Å². The molecule has 1 aliphatic heterocycles. The van der Waals surface area contributed by atoms with Gasteiger partial charge in [0.2, 0.25) is 0 Å². The fraction of sp³-hybridized carbons (Fsp3) is 0.364. The Kier molecular flexibility index (Phi) is 6.40. The predicted molar refractivity (Wildman–Crippen MR) is 103 cm³/mol. The van der Waals surface area contributed by atoms with Crippen molar-refractivity contribution in [1.29, 1.82) is 5.26 Å². The normalized spacial score (nSPS) is 15.3. The summed E-state index contributed by atoms with van der Waals surface area (Å²) in [6.45, 7) is 4.04. The Bertz CT molecular complexity index is 741. The Labute approximate surface area is 155 Å². The zero-order valence-corrected chi connectivity index (χ0v) is 15.0. The summed E-state index contributed by atoms with van der Waals surface area (Å²) in [4.78, 5) is 14.7. The van der Waals surface area contributed by atoms with Gasteiger partial charge in [-0.3, -0.25) is 4.79 Å². The first-order chi connectivity index (χ1) is 12.7. The van der Waals surface area contributed by atoms with Crippen molar-refractivity contribution in [1.82, 2.24) is 10.2 Å². The lowest BCUT2D eigenvalue weighted by molar-refractivity contribution is 0.0936. The molecule has 0 unspecified atom stereocenters. The van der Waals surface area contributed by atoms with Gasteiger partial charge in [-0.05, 0) is 68.1 Å². The molecule has 0 atom stereocenters. The third-order valence-corrected chi connectivity index (χ3v) is 5.09. The first-order valence-electron chi connectivity index (χ1n) is 9.29. The summed E-state index contributed by atoms with van der Waals surface area (Å²) < 4.78 is 0. The predicted octanol–water partition coefficient (Wildman–Crippen LogP) is 3.24. The van der Waals surface area contributed by atoms with E-state index in [1.807, 2.05) is 0 Å². The number of nitriles is 1. The molecule has 3 rings (SSSR count). The maximum absolute atomic E-state index is 12.2. The van der Waals surface area contributed by atoms with E-state index in [4.69, 9.17) is 5.26 Å². The van der Waals surface area contributed by atoms with Gasteiger partial charge >= 0.3 is 0 Å². The molecule has 0 aromatic heterocycles. The van der Waals surface area contributed by atoms with Crippen molar-refractivity contribution in [3.8, 4) is 6.07 Å². The van der Waals surface area contributed by atoms with Crippen LogP contribution in [-0.2, 0) is 6.42 Å². The van der Waals surface area contributed by atoms with Crippen molar-refractivity contribution in [3.05, 3.63) is 71.3 Å². The Morgan fingerprint density at radius 3 is 2.42 bits per heavy atom. The van der Waals surface area contributed by atoms with Gasteiger partial charge in [-0.1, -0.05) is 30.3 Å². The lowest BCUT2D eigenvalue weighted by atomic mass is 9.96. The average Bonchev–Trinajstić information content (AvgIpc) is 2.72. The van der Waals surface area contributed by atoms with E-state index in [1.165, 1.54) is 5.56 Å². The zero-order chi connectivity index (χ0) is 18.2. The highest BCUT2D eigenvalue weighted by atomic mass is 16.1. The van der Waals surface area contributed by atoms with Crippen LogP contribution < -0.4 is 5.32 Å². The summed E-state index contributed by atoms with van der Waals surface area (Å²) in [5.41, 5.74) is 2.58. The number of carbonyl (C=O) groups excluding carboxylic acids is 1. The van der Waals surface area contributed by atoms with Crippen LogP contribution in [0.15, 0.2) is 54.6 Å². The van der Waals surface area contributed by atoms with Crippen LogP contribution in [0.1, 0.15) is 34.3 Å².